The Morgan fingerprint density at radius 2 is 2.16 bits per heavy atom. The van der Waals surface area contributed by atoms with Crippen molar-refractivity contribution >= 4 is 18.3 Å². The van der Waals surface area contributed by atoms with Gasteiger partial charge in [-0.15, -0.1) is 12.4 Å². The van der Waals surface area contributed by atoms with Crippen LogP contribution in [0.2, 0.25) is 0 Å². The van der Waals surface area contributed by atoms with Crippen LogP contribution < -0.4 is 5.73 Å². The summed E-state index contributed by atoms with van der Waals surface area (Å²) >= 11 is 0. The zero-order chi connectivity index (χ0) is 13.3. The Morgan fingerprint density at radius 1 is 1.47 bits per heavy atom. The van der Waals surface area contributed by atoms with Gasteiger partial charge in [-0.2, -0.15) is 0 Å². The zero-order valence-electron chi connectivity index (χ0n) is 11.2. The van der Waals surface area contributed by atoms with E-state index in [1.165, 1.54) is 12.1 Å². The first kappa shape index (κ1) is 15.9. The molecule has 1 heterocycles. The van der Waals surface area contributed by atoms with E-state index in [4.69, 9.17) is 5.73 Å². The molecule has 1 amide bonds. The lowest BCUT2D eigenvalue weighted by molar-refractivity contribution is 0.0663. The van der Waals surface area contributed by atoms with E-state index < -0.39 is 0 Å². The maximum atomic E-state index is 13.0. The molecule has 106 valence electrons. The lowest BCUT2D eigenvalue weighted by atomic mass is 9.94. The van der Waals surface area contributed by atoms with E-state index in [2.05, 4.69) is 6.92 Å². The number of halogens is 2. The highest BCUT2D eigenvalue weighted by atomic mass is 35.5. The molecule has 0 saturated carbocycles. The number of rotatable bonds is 1. The number of carbonyl (C=O) groups excluding carboxylic acids is 1. The van der Waals surface area contributed by atoms with Crippen molar-refractivity contribution < 1.29 is 9.18 Å². The van der Waals surface area contributed by atoms with Gasteiger partial charge in [-0.25, -0.2) is 4.39 Å². The average molecular weight is 287 g/mol. The van der Waals surface area contributed by atoms with E-state index in [0.717, 1.165) is 6.42 Å². The van der Waals surface area contributed by atoms with Crippen molar-refractivity contribution in [1.29, 1.82) is 0 Å². The molecule has 1 aliphatic heterocycles. The molecule has 5 heteroatoms. The Bertz CT molecular complexity index is 467. The Balaban J connectivity index is 0.00000180. The summed E-state index contributed by atoms with van der Waals surface area (Å²) in [6, 6.07) is 4.46. The molecule has 1 aromatic carbocycles. The number of likely N-dealkylation sites (tertiary alicyclic amines) is 1. The van der Waals surface area contributed by atoms with Gasteiger partial charge in [0, 0.05) is 24.7 Å². The number of amides is 1. The van der Waals surface area contributed by atoms with Gasteiger partial charge in [-0.1, -0.05) is 6.92 Å². The van der Waals surface area contributed by atoms with Gasteiger partial charge in [0.25, 0.3) is 5.91 Å². The summed E-state index contributed by atoms with van der Waals surface area (Å²) in [5, 5.41) is 0. The van der Waals surface area contributed by atoms with Crippen LogP contribution >= 0.6 is 12.4 Å². The van der Waals surface area contributed by atoms with Crippen LogP contribution in [0.25, 0.3) is 0 Å². The van der Waals surface area contributed by atoms with Crippen molar-refractivity contribution in [2.24, 2.45) is 11.7 Å². The molecule has 0 bridgehead atoms. The number of piperidine rings is 1. The highest BCUT2D eigenvalue weighted by Crippen LogP contribution is 2.19. The molecule has 1 aromatic rings. The van der Waals surface area contributed by atoms with Crippen LogP contribution in [0.4, 0.5) is 4.39 Å². The summed E-state index contributed by atoms with van der Waals surface area (Å²) in [6.45, 7) is 5.18. The monoisotopic (exact) mass is 286 g/mol. The third-order valence-electron chi connectivity index (χ3n) is 3.68. The van der Waals surface area contributed by atoms with Crippen LogP contribution in [0.15, 0.2) is 18.2 Å². The summed E-state index contributed by atoms with van der Waals surface area (Å²) in [6.07, 6.45) is 0.827. The number of benzene rings is 1. The lowest BCUT2D eigenvalue weighted by Crippen LogP contribution is -2.48. The molecule has 0 aromatic heterocycles. The molecule has 0 radical (unpaired) electrons. The standard InChI is InChI=1S/C14H19FN2O.ClH/c1-9-7-11(15)3-4-12(9)14(18)17-6-5-13(16)10(2)8-17;/h3-4,7,10,13H,5-6,8,16H2,1-2H3;1H. The lowest BCUT2D eigenvalue weighted by Gasteiger charge is -2.35. The van der Waals surface area contributed by atoms with E-state index in [1.54, 1.807) is 13.0 Å². The largest absolute Gasteiger partial charge is 0.338 e. The van der Waals surface area contributed by atoms with Gasteiger partial charge in [-0.3, -0.25) is 4.79 Å². The molecule has 1 fully saturated rings. The normalized spacial score (nSPS) is 22.8. The molecular weight excluding hydrogens is 267 g/mol. The van der Waals surface area contributed by atoms with Crippen molar-refractivity contribution in [2.45, 2.75) is 26.3 Å². The second kappa shape index (κ2) is 6.35. The third-order valence-corrected chi connectivity index (χ3v) is 3.68. The van der Waals surface area contributed by atoms with Gasteiger partial charge < -0.3 is 10.6 Å². The summed E-state index contributed by atoms with van der Waals surface area (Å²) in [7, 11) is 0. The molecule has 19 heavy (non-hydrogen) atoms. The first-order valence-corrected chi connectivity index (χ1v) is 6.30. The van der Waals surface area contributed by atoms with Crippen LogP contribution in [0, 0.1) is 18.7 Å². The van der Waals surface area contributed by atoms with Gasteiger partial charge >= 0.3 is 0 Å². The van der Waals surface area contributed by atoms with Gasteiger partial charge in [0.15, 0.2) is 0 Å². The predicted octanol–water partition coefficient (Wildman–Crippen LogP) is 2.37. The van der Waals surface area contributed by atoms with Crippen molar-refractivity contribution in [3.05, 3.63) is 35.1 Å². The van der Waals surface area contributed by atoms with E-state index >= 15 is 0 Å². The Morgan fingerprint density at radius 3 is 2.74 bits per heavy atom. The minimum absolute atomic E-state index is 0. The van der Waals surface area contributed by atoms with Crippen molar-refractivity contribution in [3.8, 4) is 0 Å². The maximum Gasteiger partial charge on any atom is 0.254 e. The van der Waals surface area contributed by atoms with Crippen LogP contribution in [-0.4, -0.2) is 29.9 Å². The second-order valence-electron chi connectivity index (χ2n) is 5.14. The van der Waals surface area contributed by atoms with Crippen LogP contribution in [0.5, 0.6) is 0 Å². The average Bonchev–Trinajstić information content (AvgIpc) is 2.32. The Kier molecular flexibility index (Phi) is 5.32. The van der Waals surface area contributed by atoms with Gasteiger partial charge in [0.05, 0.1) is 0 Å². The number of hydrogen-bond acceptors (Lipinski definition) is 2. The fourth-order valence-electron chi connectivity index (χ4n) is 2.39. The quantitative estimate of drug-likeness (QED) is 0.861. The number of nitrogens with zero attached hydrogens (tertiary/aromatic N) is 1. The summed E-state index contributed by atoms with van der Waals surface area (Å²) in [4.78, 5) is 14.2. The minimum atomic E-state index is -0.307. The minimum Gasteiger partial charge on any atom is -0.338 e. The van der Waals surface area contributed by atoms with Gasteiger partial charge in [0.2, 0.25) is 0 Å². The summed E-state index contributed by atoms with van der Waals surface area (Å²) in [5.74, 6) is -0.0206. The zero-order valence-corrected chi connectivity index (χ0v) is 12.0. The SMILES string of the molecule is Cc1cc(F)ccc1C(=O)N1CCC(N)C(C)C1.Cl. The molecule has 0 aliphatic carbocycles. The summed E-state index contributed by atoms with van der Waals surface area (Å²) in [5.41, 5.74) is 7.21. The second-order valence-corrected chi connectivity index (χ2v) is 5.14. The topological polar surface area (TPSA) is 46.3 Å². The first-order valence-electron chi connectivity index (χ1n) is 6.30. The third kappa shape index (κ3) is 3.45. The fourth-order valence-corrected chi connectivity index (χ4v) is 2.39. The molecule has 1 saturated heterocycles. The molecule has 2 rings (SSSR count). The smallest absolute Gasteiger partial charge is 0.254 e. The number of aryl methyl sites for hydroxylation is 1. The molecule has 3 nitrogen and oxygen atoms in total. The Labute approximate surface area is 119 Å². The van der Waals surface area contributed by atoms with E-state index in [-0.39, 0.29) is 30.2 Å². The molecule has 0 spiro atoms. The van der Waals surface area contributed by atoms with E-state index in [0.29, 0.717) is 30.1 Å². The molecule has 1 aliphatic rings. The predicted molar refractivity (Wildman–Crippen MR) is 76.0 cm³/mol. The van der Waals surface area contributed by atoms with Crippen molar-refractivity contribution in [2.75, 3.05) is 13.1 Å². The number of nitrogens with two attached hydrogens (primary N) is 1. The van der Waals surface area contributed by atoms with Crippen LogP contribution in [-0.2, 0) is 0 Å². The van der Waals surface area contributed by atoms with E-state index in [9.17, 15) is 9.18 Å². The van der Waals surface area contributed by atoms with Gasteiger partial charge in [0.1, 0.15) is 5.82 Å². The molecule has 2 N–H and O–H groups in total. The van der Waals surface area contributed by atoms with Crippen LogP contribution in [0.3, 0.4) is 0 Å². The van der Waals surface area contributed by atoms with E-state index in [1.807, 2.05) is 4.90 Å². The molecule has 2 atom stereocenters. The van der Waals surface area contributed by atoms with Crippen molar-refractivity contribution in [1.82, 2.24) is 4.90 Å². The molecule has 2 unspecified atom stereocenters. The Hall–Kier alpha value is -1.13. The molecular formula is C14H20ClFN2O. The number of hydrogen-bond donors (Lipinski definition) is 1. The van der Waals surface area contributed by atoms with Crippen molar-refractivity contribution in [3.63, 3.8) is 0 Å². The highest BCUT2D eigenvalue weighted by molar-refractivity contribution is 5.95. The van der Waals surface area contributed by atoms with Gasteiger partial charge in [-0.05, 0) is 43.0 Å². The first-order chi connectivity index (χ1) is 8.49. The fraction of sp³-hybridized carbons (Fsp3) is 0.500. The number of carbonyl (C=O) groups is 1. The highest BCUT2D eigenvalue weighted by Gasteiger charge is 2.27. The maximum absolute atomic E-state index is 13.0. The summed E-state index contributed by atoms with van der Waals surface area (Å²) < 4.78 is 13.0. The van der Waals surface area contributed by atoms with Crippen LogP contribution in [0.1, 0.15) is 29.3 Å².